The van der Waals surface area contributed by atoms with E-state index in [0.29, 0.717) is 12.0 Å². The van der Waals surface area contributed by atoms with Crippen molar-refractivity contribution in [2.45, 2.75) is 58.2 Å². The molecule has 0 amide bonds. The monoisotopic (exact) mass is 250 g/mol. The summed E-state index contributed by atoms with van der Waals surface area (Å²) in [6, 6.07) is 5.24. The maximum Gasteiger partial charge on any atom is 0.117 e. The summed E-state index contributed by atoms with van der Waals surface area (Å²) in [7, 11) is 0. The molecule has 2 unspecified atom stereocenters. The summed E-state index contributed by atoms with van der Waals surface area (Å²) >= 11 is 0. The zero-order valence-electron chi connectivity index (χ0n) is 11.6. The Hall–Kier alpha value is -0.800. The van der Waals surface area contributed by atoms with Gasteiger partial charge in [-0.3, -0.25) is 4.90 Å². The first-order valence-electron chi connectivity index (χ1n) is 7.24. The summed E-state index contributed by atoms with van der Waals surface area (Å²) in [5, 5.41) is 0. The van der Waals surface area contributed by atoms with Crippen LogP contribution in [0.15, 0.2) is 22.8 Å². The predicted molar refractivity (Wildman–Crippen MR) is 74.2 cm³/mol. The highest BCUT2D eigenvalue weighted by atomic mass is 16.3. The van der Waals surface area contributed by atoms with Crippen molar-refractivity contribution in [3.63, 3.8) is 0 Å². The van der Waals surface area contributed by atoms with Crippen LogP contribution < -0.4 is 5.73 Å². The molecule has 0 aliphatic heterocycles. The van der Waals surface area contributed by atoms with Crippen LogP contribution in [0.2, 0.25) is 0 Å². The molecule has 0 radical (unpaired) electrons. The van der Waals surface area contributed by atoms with Crippen LogP contribution in [-0.2, 0) is 6.54 Å². The van der Waals surface area contributed by atoms with E-state index in [9.17, 15) is 0 Å². The smallest absolute Gasteiger partial charge is 0.117 e. The van der Waals surface area contributed by atoms with Crippen LogP contribution in [0.4, 0.5) is 0 Å². The van der Waals surface area contributed by atoms with Gasteiger partial charge in [0.2, 0.25) is 0 Å². The highest BCUT2D eigenvalue weighted by Gasteiger charge is 2.35. The van der Waals surface area contributed by atoms with Crippen LogP contribution in [0.1, 0.15) is 45.3 Å². The summed E-state index contributed by atoms with van der Waals surface area (Å²) in [5.41, 5.74) is 6.03. The maximum absolute atomic E-state index is 6.03. The third kappa shape index (κ3) is 3.36. The Labute approximate surface area is 110 Å². The van der Waals surface area contributed by atoms with Crippen molar-refractivity contribution >= 4 is 0 Å². The van der Waals surface area contributed by atoms with Crippen LogP contribution in [0.5, 0.6) is 0 Å². The number of nitrogens with zero attached hydrogens (tertiary/aromatic N) is 1. The molecule has 1 aromatic heterocycles. The first kappa shape index (κ1) is 13.6. The van der Waals surface area contributed by atoms with Crippen molar-refractivity contribution in [2.75, 3.05) is 6.54 Å². The molecular weight excluding hydrogens is 224 g/mol. The zero-order valence-corrected chi connectivity index (χ0v) is 11.6. The normalized spacial score (nSPS) is 19.1. The lowest BCUT2D eigenvalue weighted by molar-refractivity contribution is 0.121. The van der Waals surface area contributed by atoms with Crippen molar-refractivity contribution in [1.29, 1.82) is 0 Å². The molecule has 1 fully saturated rings. The number of nitrogens with two attached hydrogens (primary N) is 1. The van der Waals surface area contributed by atoms with Gasteiger partial charge in [-0.1, -0.05) is 20.3 Å². The second kappa shape index (κ2) is 6.39. The molecular formula is C15H26N2O. The van der Waals surface area contributed by atoms with Gasteiger partial charge in [0.1, 0.15) is 5.76 Å². The Bertz CT molecular complexity index is 332. The number of hydrogen-bond donors (Lipinski definition) is 1. The Morgan fingerprint density at radius 1 is 1.50 bits per heavy atom. The second-order valence-corrected chi connectivity index (χ2v) is 5.55. The van der Waals surface area contributed by atoms with Gasteiger partial charge < -0.3 is 10.2 Å². The third-order valence-electron chi connectivity index (χ3n) is 4.00. The van der Waals surface area contributed by atoms with Gasteiger partial charge >= 0.3 is 0 Å². The molecule has 0 aromatic carbocycles. The summed E-state index contributed by atoms with van der Waals surface area (Å²) in [4.78, 5) is 2.57. The van der Waals surface area contributed by atoms with Crippen LogP contribution in [0.25, 0.3) is 0 Å². The van der Waals surface area contributed by atoms with Crippen LogP contribution in [0, 0.1) is 5.92 Å². The van der Waals surface area contributed by atoms with Crippen molar-refractivity contribution in [3.8, 4) is 0 Å². The Morgan fingerprint density at radius 2 is 2.28 bits per heavy atom. The molecule has 1 heterocycles. The molecule has 2 N–H and O–H groups in total. The summed E-state index contributed by atoms with van der Waals surface area (Å²) in [6.45, 7) is 6.24. The van der Waals surface area contributed by atoms with Gasteiger partial charge in [0, 0.05) is 18.6 Å². The number of rotatable bonds is 8. The molecule has 1 aliphatic carbocycles. The summed E-state index contributed by atoms with van der Waals surface area (Å²) < 4.78 is 5.49. The van der Waals surface area contributed by atoms with Crippen molar-refractivity contribution in [1.82, 2.24) is 4.90 Å². The SMILES string of the molecule is CCCC(C)C(CN)N(Cc1ccco1)C1CC1. The van der Waals surface area contributed by atoms with Crippen LogP contribution >= 0.6 is 0 Å². The van der Waals surface area contributed by atoms with Crippen molar-refractivity contribution in [2.24, 2.45) is 11.7 Å². The fraction of sp³-hybridized carbons (Fsp3) is 0.733. The Morgan fingerprint density at radius 3 is 2.78 bits per heavy atom. The minimum Gasteiger partial charge on any atom is -0.468 e. The molecule has 1 saturated carbocycles. The zero-order chi connectivity index (χ0) is 13.0. The van der Waals surface area contributed by atoms with E-state index < -0.39 is 0 Å². The van der Waals surface area contributed by atoms with Gasteiger partial charge in [-0.05, 0) is 37.3 Å². The van der Waals surface area contributed by atoms with Gasteiger partial charge in [-0.2, -0.15) is 0 Å². The van der Waals surface area contributed by atoms with Gasteiger partial charge in [-0.25, -0.2) is 0 Å². The van der Waals surface area contributed by atoms with Crippen LogP contribution in [-0.4, -0.2) is 23.5 Å². The van der Waals surface area contributed by atoms with Gasteiger partial charge in [0.15, 0.2) is 0 Å². The largest absolute Gasteiger partial charge is 0.468 e. The summed E-state index contributed by atoms with van der Waals surface area (Å²) in [5.74, 6) is 1.72. The molecule has 3 heteroatoms. The molecule has 0 spiro atoms. The van der Waals surface area contributed by atoms with Crippen LogP contribution in [0.3, 0.4) is 0 Å². The van der Waals surface area contributed by atoms with E-state index in [4.69, 9.17) is 10.2 Å². The topological polar surface area (TPSA) is 42.4 Å². The molecule has 0 bridgehead atoms. The average molecular weight is 250 g/mol. The highest BCUT2D eigenvalue weighted by Crippen LogP contribution is 2.32. The maximum atomic E-state index is 6.03. The molecule has 18 heavy (non-hydrogen) atoms. The second-order valence-electron chi connectivity index (χ2n) is 5.55. The molecule has 1 aromatic rings. The minimum atomic E-state index is 0.488. The minimum absolute atomic E-state index is 0.488. The van der Waals surface area contributed by atoms with Crippen molar-refractivity contribution in [3.05, 3.63) is 24.2 Å². The van der Waals surface area contributed by atoms with E-state index in [-0.39, 0.29) is 0 Å². The van der Waals surface area contributed by atoms with E-state index in [1.165, 1.54) is 25.7 Å². The number of furan rings is 1. The molecule has 3 nitrogen and oxygen atoms in total. The van der Waals surface area contributed by atoms with Gasteiger partial charge in [0.05, 0.1) is 12.8 Å². The van der Waals surface area contributed by atoms with E-state index >= 15 is 0 Å². The Balaban J connectivity index is 2.02. The van der Waals surface area contributed by atoms with E-state index in [1.807, 2.05) is 6.07 Å². The summed E-state index contributed by atoms with van der Waals surface area (Å²) in [6.07, 6.45) is 6.87. The lowest BCUT2D eigenvalue weighted by Crippen LogP contribution is -2.45. The molecule has 102 valence electrons. The van der Waals surface area contributed by atoms with Crippen molar-refractivity contribution < 1.29 is 4.42 Å². The standard InChI is InChI=1S/C15H26N2O/c1-3-5-12(2)15(10-16)17(13-7-8-13)11-14-6-4-9-18-14/h4,6,9,12-13,15H,3,5,7-8,10-11,16H2,1-2H3. The first-order chi connectivity index (χ1) is 8.76. The Kier molecular flexibility index (Phi) is 4.84. The average Bonchev–Trinajstić information content (AvgIpc) is 3.08. The van der Waals surface area contributed by atoms with E-state index in [2.05, 4.69) is 24.8 Å². The predicted octanol–water partition coefficient (Wildman–Crippen LogP) is 3.01. The number of hydrogen-bond acceptors (Lipinski definition) is 3. The fourth-order valence-corrected chi connectivity index (χ4v) is 2.85. The first-order valence-corrected chi connectivity index (χ1v) is 7.24. The van der Waals surface area contributed by atoms with Gasteiger partial charge in [0.25, 0.3) is 0 Å². The molecule has 0 saturated heterocycles. The third-order valence-corrected chi connectivity index (χ3v) is 4.00. The van der Waals surface area contributed by atoms with E-state index in [1.54, 1.807) is 6.26 Å². The van der Waals surface area contributed by atoms with E-state index in [0.717, 1.165) is 24.9 Å². The lowest BCUT2D eigenvalue weighted by atomic mass is 9.95. The quantitative estimate of drug-likeness (QED) is 0.771. The lowest BCUT2D eigenvalue weighted by Gasteiger charge is -2.34. The molecule has 1 aliphatic rings. The molecule has 2 rings (SSSR count). The highest BCUT2D eigenvalue weighted by molar-refractivity contribution is 5.01. The fourth-order valence-electron chi connectivity index (χ4n) is 2.85. The molecule has 2 atom stereocenters. The van der Waals surface area contributed by atoms with Gasteiger partial charge in [-0.15, -0.1) is 0 Å².